The summed E-state index contributed by atoms with van der Waals surface area (Å²) >= 11 is 5.31. The normalized spacial score (nSPS) is 10.5. The number of carbonyl (C=O) groups is 2. The molecule has 0 aliphatic heterocycles. The van der Waals surface area contributed by atoms with Gasteiger partial charge in [0.15, 0.2) is 10.6 Å². The summed E-state index contributed by atoms with van der Waals surface area (Å²) in [5.74, 6) is 1.54. The van der Waals surface area contributed by atoms with Gasteiger partial charge in [0.05, 0.1) is 19.8 Å². The van der Waals surface area contributed by atoms with Gasteiger partial charge >= 0.3 is 0 Å². The monoisotopic (exact) mass is 469 g/mol. The molecule has 0 saturated heterocycles. The average molecular weight is 470 g/mol. The van der Waals surface area contributed by atoms with Gasteiger partial charge in [0.2, 0.25) is 11.8 Å². The number of rotatable bonds is 11. The molecule has 1 heterocycles. The van der Waals surface area contributed by atoms with Crippen LogP contribution in [0, 0.1) is 4.77 Å². The minimum Gasteiger partial charge on any atom is -0.494 e. The summed E-state index contributed by atoms with van der Waals surface area (Å²) < 4.78 is 13.0. The fraction of sp³-hybridized carbons (Fsp3) is 0.304. The van der Waals surface area contributed by atoms with E-state index in [9.17, 15) is 9.59 Å². The largest absolute Gasteiger partial charge is 0.494 e. The van der Waals surface area contributed by atoms with Crippen LogP contribution < -0.4 is 20.1 Å². The van der Waals surface area contributed by atoms with Gasteiger partial charge in [-0.2, -0.15) is 5.10 Å². The summed E-state index contributed by atoms with van der Waals surface area (Å²) in [4.78, 5) is 24.4. The highest BCUT2D eigenvalue weighted by Crippen LogP contribution is 2.21. The lowest BCUT2D eigenvalue weighted by atomic mass is 10.2. The zero-order valence-electron chi connectivity index (χ0n) is 18.6. The van der Waals surface area contributed by atoms with Crippen LogP contribution in [0.5, 0.6) is 11.5 Å². The molecule has 2 amide bonds. The third-order valence-electron chi connectivity index (χ3n) is 4.64. The van der Waals surface area contributed by atoms with E-state index in [0.29, 0.717) is 36.0 Å². The maximum Gasteiger partial charge on any atom is 0.243 e. The van der Waals surface area contributed by atoms with Crippen molar-refractivity contribution >= 4 is 29.7 Å². The third-order valence-corrected chi connectivity index (χ3v) is 4.95. The number of hydrogen-bond donors (Lipinski definition) is 3. The molecule has 3 rings (SSSR count). The first-order chi connectivity index (χ1) is 16.0. The minimum absolute atomic E-state index is 0.130. The molecule has 0 aliphatic carbocycles. The second kappa shape index (κ2) is 11.8. The van der Waals surface area contributed by atoms with Gasteiger partial charge in [0.1, 0.15) is 11.5 Å². The van der Waals surface area contributed by atoms with Gasteiger partial charge in [0.25, 0.3) is 0 Å². The van der Waals surface area contributed by atoms with E-state index in [2.05, 4.69) is 20.8 Å². The van der Waals surface area contributed by atoms with E-state index in [4.69, 9.17) is 21.7 Å². The Bertz CT molecular complexity index is 1120. The molecule has 0 atom stereocenters. The Kier molecular flexibility index (Phi) is 8.59. The number of amides is 2. The van der Waals surface area contributed by atoms with Crippen LogP contribution in [0.1, 0.15) is 20.3 Å². The van der Waals surface area contributed by atoms with Gasteiger partial charge < -0.3 is 20.1 Å². The van der Waals surface area contributed by atoms with E-state index in [1.54, 1.807) is 28.8 Å². The molecule has 9 nitrogen and oxygen atoms in total. The Hall–Kier alpha value is -3.66. The fourth-order valence-electron chi connectivity index (χ4n) is 3.10. The number of aromatic nitrogens is 3. The number of aromatic amines is 1. The molecule has 2 aromatic carbocycles. The van der Waals surface area contributed by atoms with E-state index in [-0.39, 0.29) is 24.8 Å². The molecule has 0 bridgehead atoms. The highest BCUT2D eigenvalue weighted by molar-refractivity contribution is 7.71. The van der Waals surface area contributed by atoms with Gasteiger partial charge in [-0.3, -0.25) is 19.3 Å². The predicted octanol–water partition coefficient (Wildman–Crippen LogP) is 3.55. The smallest absolute Gasteiger partial charge is 0.243 e. The lowest BCUT2D eigenvalue weighted by Crippen LogP contribution is -2.33. The molecule has 0 radical (unpaired) electrons. The molecule has 3 aromatic rings. The molecule has 0 aliphatic rings. The van der Waals surface area contributed by atoms with Gasteiger partial charge in [-0.1, -0.05) is 0 Å². The number of benzene rings is 2. The molecular formula is C23H27N5O4S. The van der Waals surface area contributed by atoms with Crippen LogP contribution in [0.15, 0.2) is 48.5 Å². The van der Waals surface area contributed by atoms with Crippen molar-refractivity contribution in [3.8, 4) is 22.9 Å². The van der Waals surface area contributed by atoms with Crippen molar-refractivity contribution in [2.75, 3.05) is 25.1 Å². The van der Waals surface area contributed by atoms with E-state index in [0.717, 1.165) is 17.1 Å². The Morgan fingerprint density at radius 1 is 0.970 bits per heavy atom. The summed E-state index contributed by atoms with van der Waals surface area (Å²) in [6.45, 7) is 5.18. The van der Waals surface area contributed by atoms with E-state index >= 15 is 0 Å². The van der Waals surface area contributed by atoms with Crippen molar-refractivity contribution in [1.82, 2.24) is 20.1 Å². The summed E-state index contributed by atoms with van der Waals surface area (Å²) in [5.41, 5.74) is 1.48. The Labute approximate surface area is 197 Å². The maximum absolute atomic E-state index is 12.3. The average Bonchev–Trinajstić information content (AvgIpc) is 3.19. The Morgan fingerprint density at radius 3 is 2.18 bits per heavy atom. The summed E-state index contributed by atoms with van der Waals surface area (Å²) in [7, 11) is 0. The standard InChI is InChI=1S/C23H27N5O4S/c1-3-31-18-9-5-16(6-10-18)22-26-27-23(33)28(22)14-13-20(29)24-15-21(30)25-17-7-11-19(12-8-17)32-4-2/h5-12H,3-4,13-15H2,1-2H3,(H,24,29)(H,25,30)(H,27,33). The topological polar surface area (TPSA) is 110 Å². The predicted molar refractivity (Wildman–Crippen MR) is 128 cm³/mol. The molecule has 0 spiro atoms. The van der Waals surface area contributed by atoms with Crippen LogP contribution in [-0.2, 0) is 16.1 Å². The van der Waals surface area contributed by atoms with Crippen LogP contribution in [0.25, 0.3) is 11.4 Å². The Balaban J connectivity index is 1.50. The van der Waals surface area contributed by atoms with Crippen molar-refractivity contribution in [3.05, 3.63) is 53.3 Å². The van der Waals surface area contributed by atoms with Crippen LogP contribution in [-0.4, -0.2) is 46.3 Å². The molecule has 0 unspecified atom stereocenters. The molecule has 174 valence electrons. The van der Waals surface area contributed by atoms with Crippen molar-refractivity contribution in [1.29, 1.82) is 0 Å². The lowest BCUT2D eigenvalue weighted by molar-refractivity contribution is -0.124. The second-order valence-electron chi connectivity index (χ2n) is 6.99. The van der Waals surface area contributed by atoms with Gasteiger partial charge in [-0.05, 0) is 74.6 Å². The van der Waals surface area contributed by atoms with E-state index in [1.165, 1.54) is 0 Å². The number of H-pyrrole nitrogens is 1. The summed E-state index contributed by atoms with van der Waals surface area (Å²) in [6, 6.07) is 14.5. The molecular weight excluding hydrogens is 442 g/mol. The van der Waals surface area contributed by atoms with Crippen molar-refractivity contribution in [2.45, 2.75) is 26.8 Å². The van der Waals surface area contributed by atoms with Crippen molar-refractivity contribution in [2.24, 2.45) is 0 Å². The first kappa shape index (κ1) is 24.0. The molecule has 10 heteroatoms. The van der Waals surface area contributed by atoms with Crippen molar-refractivity contribution < 1.29 is 19.1 Å². The number of carbonyl (C=O) groups excluding carboxylic acids is 2. The van der Waals surface area contributed by atoms with Gasteiger partial charge in [0, 0.05) is 24.2 Å². The quantitative estimate of drug-likeness (QED) is 0.371. The molecule has 0 saturated carbocycles. The van der Waals surface area contributed by atoms with Crippen LogP contribution >= 0.6 is 12.2 Å². The molecule has 1 aromatic heterocycles. The number of nitrogens with one attached hydrogen (secondary N) is 3. The number of ether oxygens (including phenoxy) is 2. The highest BCUT2D eigenvalue weighted by Gasteiger charge is 2.12. The van der Waals surface area contributed by atoms with E-state index in [1.807, 2.05) is 38.1 Å². The first-order valence-corrected chi connectivity index (χ1v) is 11.1. The first-order valence-electron chi connectivity index (χ1n) is 10.7. The minimum atomic E-state index is -0.317. The zero-order valence-corrected chi connectivity index (χ0v) is 19.4. The molecule has 0 fully saturated rings. The zero-order chi connectivity index (χ0) is 23.6. The second-order valence-corrected chi connectivity index (χ2v) is 7.38. The highest BCUT2D eigenvalue weighted by atomic mass is 32.1. The maximum atomic E-state index is 12.3. The van der Waals surface area contributed by atoms with Crippen LogP contribution in [0.4, 0.5) is 5.69 Å². The van der Waals surface area contributed by atoms with E-state index < -0.39 is 0 Å². The molecule has 3 N–H and O–H groups in total. The molecule has 33 heavy (non-hydrogen) atoms. The fourth-order valence-corrected chi connectivity index (χ4v) is 3.32. The number of hydrogen-bond acceptors (Lipinski definition) is 6. The van der Waals surface area contributed by atoms with Crippen molar-refractivity contribution in [3.63, 3.8) is 0 Å². The SMILES string of the molecule is CCOc1ccc(NC(=O)CNC(=O)CCn2c(-c3ccc(OCC)cc3)n[nH]c2=S)cc1. The van der Waals surface area contributed by atoms with Gasteiger partial charge in [-0.15, -0.1) is 0 Å². The summed E-state index contributed by atoms with van der Waals surface area (Å²) in [5, 5.41) is 12.4. The van der Waals surface area contributed by atoms with Crippen LogP contribution in [0.3, 0.4) is 0 Å². The lowest BCUT2D eigenvalue weighted by Gasteiger charge is -2.10. The number of nitrogens with zero attached hydrogens (tertiary/aromatic N) is 2. The van der Waals surface area contributed by atoms with Gasteiger partial charge in [-0.25, -0.2) is 0 Å². The third kappa shape index (κ3) is 6.91. The van der Waals surface area contributed by atoms with Crippen LogP contribution in [0.2, 0.25) is 0 Å². The Morgan fingerprint density at radius 2 is 1.58 bits per heavy atom. The number of anilines is 1. The summed E-state index contributed by atoms with van der Waals surface area (Å²) in [6.07, 6.45) is 0.147.